The molecule has 1 aliphatic heterocycles. The molecular formula is C22H26N4O. The average molecular weight is 362 g/mol. The van der Waals surface area contributed by atoms with Crippen LogP contribution in [-0.4, -0.2) is 25.5 Å². The van der Waals surface area contributed by atoms with Gasteiger partial charge in [-0.1, -0.05) is 19.1 Å². The maximum absolute atomic E-state index is 12.2. The van der Waals surface area contributed by atoms with Crippen molar-refractivity contribution in [2.75, 3.05) is 35.2 Å². The van der Waals surface area contributed by atoms with Crippen molar-refractivity contribution in [2.24, 2.45) is 5.92 Å². The van der Waals surface area contributed by atoms with Gasteiger partial charge < -0.3 is 15.5 Å². The number of nitriles is 1. The van der Waals surface area contributed by atoms with E-state index >= 15 is 0 Å². The lowest BCUT2D eigenvalue weighted by molar-refractivity contribution is -0.115. The minimum Gasteiger partial charge on any atom is -0.383 e. The van der Waals surface area contributed by atoms with Crippen LogP contribution in [0.25, 0.3) is 0 Å². The molecular weight excluding hydrogens is 336 g/mol. The summed E-state index contributed by atoms with van der Waals surface area (Å²) in [5, 5.41) is 15.2. The van der Waals surface area contributed by atoms with Crippen LogP contribution in [0.1, 0.15) is 31.7 Å². The van der Waals surface area contributed by atoms with E-state index in [0.29, 0.717) is 18.5 Å². The molecule has 5 heteroatoms. The molecule has 0 bridgehead atoms. The molecule has 5 nitrogen and oxygen atoms in total. The van der Waals surface area contributed by atoms with Gasteiger partial charge in [0.2, 0.25) is 5.91 Å². The van der Waals surface area contributed by atoms with Crippen molar-refractivity contribution in [2.45, 2.75) is 26.2 Å². The molecule has 0 saturated carbocycles. The number of benzene rings is 2. The summed E-state index contributed by atoms with van der Waals surface area (Å²) in [5.74, 6) is 0.769. The van der Waals surface area contributed by atoms with Gasteiger partial charge in [-0.05, 0) is 55.2 Å². The molecule has 2 N–H and O–H groups in total. The number of rotatable bonds is 6. The Morgan fingerprint density at radius 1 is 1.15 bits per heavy atom. The summed E-state index contributed by atoms with van der Waals surface area (Å²) in [7, 11) is 0. The van der Waals surface area contributed by atoms with Crippen LogP contribution in [-0.2, 0) is 4.79 Å². The largest absolute Gasteiger partial charge is 0.383 e. The number of hydrogen-bond donors (Lipinski definition) is 2. The van der Waals surface area contributed by atoms with E-state index in [1.54, 1.807) is 6.07 Å². The van der Waals surface area contributed by atoms with Gasteiger partial charge in [-0.3, -0.25) is 4.79 Å². The second-order valence-electron chi connectivity index (χ2n) is 7.10. The summed E-state index contributed by atoms with van der Waals surface area (Å²) in [6.07, 6.45) is 2.81. The second-order valence-corrected chi connectivity index (χ2v) is 7.10. The summed E-state index contributed by atoms with van der Waals surface area (Å²) in [6.45, 7) is 4.99. The number of amides is 1. The van der Waals surface area contributed by atoms with Gasteiger partial charge in [0.1, 0.15) is 6.07 Å². The molecule has 0 atom stereocenters. The lowest BCUT2D eigenvalue weighted by Gasteiger charge is -2.32. The molecule has 0 aromatic heterocycles. The zero-order valence-electron chi connectivity index (χ0n) is 15.7. The third-order valence-corrected chi connectivity index (χ3v) is 5.01. The van der Waals surface area contributed by atoms with E-state index in [4.69, 9.17) is 5.26 Å². The number of piperidine rings is 1. The number of anilines is 3. The Morgan fingerprint density at radius 3 is 2.56 bits per heavy atom. The van der Waals surface area contributed by atoms with E-state index in [0.717, 1.165) is 30.4 Å². The molecule has 2 aromatic rings. The molecule has 1 fully saturated rings. The summed E-state index contributed by atoms with van der Waals surface area (Å²) in [6, 6.07) is 17.5. The maximum Gasteiger partial charge on any atom is 0.226 e. The first-order chi connectivity index (χ1) is 13.2. The predicted octanol–water partition coefficient (Wildman–Crippen LogP) is 4.24. The van der Waals surface area contributed by atoms with E-state index in [2.05, 4.69) is 40.7 Å². The SMILES string of the molecule is CC1CCN(c2ccc(NC(=O)CCNc3ccccc3C#N)cc2)CC1. The van der Waals surface area contributed by atoms with Gasteiger partial charge in [0, 0.05) is 37.4 Å². The summed E-state index contributed by atoms with van der Waals surface area (Å²) < 4.78 is 0. The topological polar surface area (TPSA) is 68.2 Å². The first-order valence-corrected chi connectivity index (χ1v) is 9.53. The first-order valence-electron chi connectivity index (χ1n) is 9.53. The van der Waals surface area contributed by atoms with Gasteiger partial charge in [-0.2, -0.15) is 5.26 Å². The van der Waals surface area contributed by atoms with Crippen molar-refractivity contribution in [3.8, 4) is 6.07 Å². The number of carbonyl (C=O) groups excluding carboxylic acids is 1. The average Bonchev–Trinajstić information content (AvgIpc) is 2.69. The number of para-hydroxylation sites is 1. The normalized spacial score (nSPS) is 14.4. The molecule has 140 valence electrons. The fourth-order valence-electron chi connectivity index (χ4n) is 3.29. The third kappa shape index (κ3) is 5.24. The van der Waals surface area contributed by atoms with Crippen LogP contribution in [0, 0.1) is 17.2 Å². The van der Waals surface area contributed by atoms with E-state index in [9.17, 15) is 4.79 Å². The second kappa shape index (κ2) is 9.09. The van der Waals surface area contributed by atoms with Crippen molar-refractivity contribution >= 4 is 23.0 Å². The highest BCUT2D eigenvalue weighted by Crippen LogP contribution is 2.24. The fourth-order valence-corrected chi connectivity index (χ4v) is 3.29. The number of nitrogens with one attached hydrogen (secondary N) is 2. The number of carbonyl (C=O) groups is 1. The standard InChI is InChI=1S/C22H26N4O/c1-17-11-14-26(15-12-17)20-8-6-19(7-9-20)25-22(27)10-13-24-21-5-3-2-4-18(21)16-23/h2-9,17,24H,10-15H2,1H3,(H,25,27). The molecule has 1 saturated heterocycles. The third-order valence-electron chi connectivity index (χ3n) is 5.01. The van der Waals surface area contributed by atoms with Crippen molar-refractivity contribution in [3.05, 3.63) is 54.1 Å². The Labute approximate surface area is 161 Å². The number of hydrogen-bond acceptors (Lipinski definition) is 4. The lowest BCUT2D eigenvalue weighted by Crippen LogP contribution is -2.32. The first kappa shape index (κ1) is 18.8. The van der Waals surface area contributed by atoms with Crippen molar-refractivity contribution < 1.29 is 4.79 Å². The minimum atomic E-state index is -0.0449. The van der Waals surface area contributed by atoms with Gasteiger partial charge in [-0.15, -0.1) is 0 Å². The van der Waals surface area contributed by atoms with Crippen molar-refractivity contribution in [1.82, 2.24) is 0 Å². The molecule has 2 aromatic carbocycles. The smallest absolute Gasteiger partial charge is 0.226 e. The quantitative estimate of drug-likeness (QED) is 0.807. The summed E-state index contributed by atoms with van der Waals surface area (Å²) in [4.78, 5) is 14.6. The molecule has 1 aliphatic rings. The van der Waals surface area contributed by atoms with E-state index in [-0.39, 0.29) is 5.91 Å². The Bertz CT molecular complexity index is 802. The van der Waals surface area contributed by atoms with Crippen LogP contribution in [0.3, 0.4) is 0 Å². The van der Waals surface area contributed by atoms with Crippen molar-refractivity contribution in [3.63, 3.8) is 0 Å². The molecule has 1 heterocycles. The Hall–Kier alpha value is -3.00. The Balaban J connectivity index is 1.46. The highest BCUT2D eigenvalue weighted by molar-refractivity contribution is 5.91. The monoisotopic (exact) mass is 362 g/mol. The predicted molar refractivity (Wildman–Crippen MR) is 110 cm³/mol. The molecule has 0 unspecified atom stereocenters. The van der Waals surface area contributed by atoms with Gasteiger partial charge in [0.05, 0.1) is 11.3 Å². The molecule has 1 amide bonds. The van der Waals surface area contributed by atoms with E-state index in [1.165, 1.54) is 18.5 Å². The highest BCUT2D eigenvalue weighted by atomic mass is 16.1. The van der Waals surface area contributed by atoms with Gasteiger partial charge >= 0.3 is 0 Å². The molecule has 0 aliphatic carbocycles. The van der Waals surface area contributed by atoms with Crippen LogP contribution < -0.4 is 15.5 Å². The Morgan fingerprint density at radius 2 is 1.85 bits per heavy atom. The van der Waals surface area contributed by atoms with Gasteiger partial charge in [0.15, 0.2) is 0 Å². The van der Waals surface area contributed by atoms with Gasteiger partial charge in [0.25, 0.3) is 0 Å². The summed E-state index contributed by atoms with van der Waals surface area (Å²) in [5.41, 5.74) is 3.37. The molecule has 3 rings (SSSR count). The molecule has 0 radical (unpaired) electrons. The fraction of sp³-hybridized carbons (Fsp3) is 0.364. The lowest BCUT2D eigenvalue weighted by atomic mass is 9.99. The zero-order chi connectivity index (χ0) is 19.1. The highest BCUT2D eigenvalue weighted by Gasteiger charge is 2.15. The van der Waals surface area contributed by atoms with Gasteiger partial charge in [-0.25, -0.2) is 0 Å². The Kier molecular flexibility index (Phi) is 6.32. The zero-order valence-corrected chi connectivity index (χ0v) is 15.7. The van der Waals surface area contributed by atoms with Crippen LogP contribution in [0.5, 0.6) is 0 Å². The van der Waals surface area contributed by atoms with Crippen LogP contribution in [0.2, 0.25) is 0 Å². The van der Waals surface area contributed by atoms with Crippen LogP contribution in [0.4, 0.5) is 17.1 Å². The van der Waals surface area contributed by atoms with Crippen LogP contribution in [0.15, 0.2) is 48.5 Å². The molecule has 27 heavy (non-hydrogen) atoms. The van der Waals surface area contributed by atoms with E-state index < -0.39 is 0 Å². The van der Waals surface area contributed by atoms with E-state index in [1.807, 2.05) is 30.3 Å². The summed E-state index contributed by atoms with van der Waals surface area (Å²) >= 11 is 0. The maximum atomic E-state index is 12.2. The molecule has 0 spiro atoms. The van der Waals surface area contributed by atoms with Crippen LogP contribution >= 0.6 is 0 Å². The number of nitrogens with zero attached hydrogens (tertiary/aromatic N) is 2. The minimum absolute atomic E-state index is 0.0449. The van der Waals surface area contributed by atoms with Crippen molar-refractivity contribution in [1.29, 1.82) is 5.26 Å².